The Kier molecular flexibility index (Phi) is 3.63. The minimum Gasteiger partial charge on any atom is -0.347 e. The van der Waals surface area contributed by atoms with Crippen molar-refractivity contribution in [3.63, 3.8) is 0 Å². The molecular formula is C10H10BrIN2O. The molecule has 1 fully saturated rings. The van der Waals surface area contributed by atoms with Crippen LogP contribution in [0.4, 0.5) is 0 Å². The van der Waals surface area contributed by atoms with Crippen molar-refractivity contribution in [2.75, 3.05) is 13.1 Å². The van der Waals surface area contributed by atoms with Crippen LogP contribution in [0.3, 0.4) is 0 Å². The van der Waals surface area contributed by atoms with Crippen LogP contribution >= 0.6 is 38.5 Å². The second-order valence-corrected chi connectivity index (χ2v) is 5.55. The smallest absolute Gasteiger partial charge is 0.252 e. The number of rotatable bonds is 2. The molecule has 1 amide bonds. The molecule has 1 aromatic carbocycles. The minimum absolute atomic E-state index is 0.00751. The highest BCUT2D eigenvalue weighted by Crippen LogP contribution is 2.19. The third kappa shape index (κ3) is 2.70. The molecule has 5 heteroatoms. The fourth-order valence-electron chi connectivity index (χ4n) is 1.33. The van der Waals surface area contributed by atoms with Crippen molar-refractivity contribution < 1.29 is 4.79 Å². The van der Waals surface area contributed by atoms with E-state index in [0.29, 0.717) is 5.56 Å². The summed E-state index contributed by atoms with van der Waals surface area (Å²) in [5, 5.41) is 6.08. The summed E-state index contributed by atoms with van der Waals surface area (Å²) in [7, 11) is 0. The van der Waals surface area contributed by atoms with Gasteiger partial charge in [0.05, 0.1) is 11.6 Å². The molecule has 15 heavy (non-hydrogen) atoms. The van der Waals surface area contributed by atoms with Crippen molar-refractivity contribution in [2.45, 2.75) is 6.04 Å². The van der Waals surface area contributed by atoms with Gasteiger partial charge in [0.1, 0.15) is 0 Å². The molecule has 80 valence electrons. The Morgan fingerprint density at radius 1 is 1.53 bits per heavy atom. The number of carbonyl (C=O) groups is 1. The van der Waals surface area contributed by atoms with Gasteiger partial charge in [0.25, 0.3) is 5.91 Å². The van der Waals surface area contributed by atoms with Crippen molar-refractivity contribution in [2.24, 2.45) is 0 Å². The van der Waals surface area contributed by atoms with Gasteiger partial charge in [-0.15, -0.1) is 0 Å². The van der Waals surface area contributed by atoms with E-state index in [1.54, 1.807) is 0 Å². The molecule has 0 bridgehead atoms. The molecule has 0 radical (unpaired) electrons. The predicted molar refractivity (Wildman–Crippen MR) is 71.0 cm³/mol. The molecule has 0 saturated carbocycles. The van der Waals surface area contributed by atoms with Crippen LogP contribution in [-0.2, 0) is 0 Å². The fourth-order valence-corrected chi connectivity index (χ4v) is 2.24. The van der Waals surface area contributed by atoms with E-state index in [1.165, 1.54) is 0 Å². The predicted octanol–water partition coefficient (Wildman–Crippen LogP) is 1.76. The van der Waals surface area contributed by atoms with Gasteiger partial charge in [-0.25, -0.2) is 0 Å². The van der Waals surface area contributed by atoms with Gasteiger partial charge in [0.15, 0.2) is 0 Å². The lowest BCUT2D eigenvalue weighted by atomic mass is 10.1. The third-order valence-electron chi connectivity index (χ3n) is 2.29. The molecule has 1 aliphatic heterocycles. The van der Waals surface area contributed by atoms with Crippen molar-refractivity contribution in [1.82, 2.24) is 10.6 Å². The van der Waals surface area contributed by atoms with Gasteiger partial charge in [0.2, 0.25) is 0 Å². The zero-order valence-corrected chi connectivity index (χ0v) is 11.6. The second kappa shape index (κ2) is 4.80. The number of amides is 1. The van der Waals surface area contributed by atoms with Crippen LogP contribution in [0.5, 0.6) is 0 Å². The molecule has 2 N–H and O–H groups in total. The molecule has 0 aromatic heterocycles. The van der Waals surface area contributed by atoms with Gasteiger partial charge < -0.3 is 10.6 Å². The lowest BCUT2D eigenvalue weighted by molar-refractivity contribution is 0.0923. The summed E-state index contributed by atoms with van der Waals surface area (Å²) < 4.78 is 1.90. The van der Waals surface area contributed by atoms with Crippen molar-refractivity contribution in [3.05, 3.63) is 31.8 Å². The monoisotopic (exact) mass is 380 g/mol. The number of benzene rings is 1. The molecular weight excluding hydrogens is 371 g/mol. The van der Waals surface area contributed by atoms with Gasteiger partial charge in [0, 0.05) is 21.1 Å². The lowest BCUT2D eigenvalue weighted by Crippen LogP contribution is -2.56. The highest BCUT2D eigenvalue weighted by Gasteiger charge is 2.20. The molecule has 1 saturated heterocycles. The van der Waals surface area contributed by atoms with Crippen LogP contribution in [0.15, 0.2) is 22.7 Å². The van der Waals surface area contributed by atoms with E-state index < -0.39 is 0 Å². The Morgan fingerprint density at radius 3 is 2.87 bits per heavy atom. The number of carbonyl (C=O) groups excluding carboxylic acids is 1. The van der Waals surface area contributed by atoms with E-state index in [4.69, 9.17) is 0 Å². The summed E-state index contributed by atoms with van der Waals surface area (Å²) >= 11 is 5.58. The van der Waals surface area contributed by atoms with E-state index in [2.05, 4.69) is 49.2 Å². The van der Waals surface area contributed by atoms with Crippen LogP contribution < -0.4 is 10.6 Å². The highest BCUT2D eigenvalue weighted by atomic mass is 127. The van der Waals surface area contributed by atoms with Gasteiger partial charge in [-0.05, 0) is 56.7 Å². The number of halogens is 2. The maximum Gasteiger partial charge on any atom is 0.252 e. The summed E-state index contributed by atoms with van der Waals surface area (Å²) in [6.45, 7) is 1.74. The van der Waals surface area contributed by atoms with Crippen LogP contribution in [0.1, 0.15) is 10.4 Å². The zero-order chi connectivity index (χ0) is 10.8. The Morgan fingerprint density at radius 2 is 2.27 bits per heavy atom. The van der Waals surface area contributed by atoms with E-state index in [0.717, 1.165) is 21.1 Å². The lowest BCUT2D eigenvalue weighted by Gasteiger charge is -2.28. The number of nitrogens with one attached hydrogen (secondary N) is 2. The summed E-state index contributed by atoms with van der Waals surface area (Å²) in [5.41, 5.74) is 0.703. The Bertz CT molecular complexity index is 393. The van der Waals surface area contributed by atoms with E-state index in [-0.39, 0.29) is 11.9 Å². The Labute approximate surface area is 110 Å². The standard InChI is InChI=1S/C10H10BrIN2O/c11-9-2-1-6(12)3-8(9)10(15)14-7-4-13-5-7/h1-3,7,13H,4-5H2,(H,14,15). The van der Waals surface area contributed by atoms with Crippen LogP contribution in [0.2, 0.25) is 0 Å². The first-order valence-corrected chi connectivity index (χ1v) is 6.50. The molecule has 0 atom stereocenters. The third-order valence-corrected chi connectivity index (χ3v) is 3.65. The molecule has 0 spiro atoms. The van der Waals surface area contributed by atoms with Gasteiger partial charge in [-0.3, -0.25) is 4.79 Å². The Hall–Kier alpha value is -0.140. The van der Waals surface area contributed by atoms with Gasteiger partial charge in [-0.1, -0.05) is 0 Å². The van der Waals surface area contributed by atoms with Gasteiger partial charge >= 0.3 is 0 Å². The first-order valence-electron chi connectivity index (χ1n) is 4.63. The largest absolute Gasteiger partial charge is 0.347 e. The molecule has 2 rings (SSSR count). The van der Waals surface area contributed by atoms with Gasteiger partial charge in [-0.2, -0.15) is 0 Å². The van der Waals surface area contributed by atoms with Crippen LogP contribution in [-0.4, -0.2) is 25.0 Å². The maximum absolute atomic E-state index is 11.8. The molecule has 1 aromatic rings. The van der Waals surface area contributed by atoms with E-state index in [9.17, 15) is 4.79 Å². The SMILES string of the molecule is O=C(NC1CNC1)c1cc(I)ccc1Br. The number of hydrogen-bond acceptors (Lipinski definition) is 2. The Balaban J connectivity index is 2.12. The molecule has 0 aliphatic carbocycles. The molecule has 0 unspecified atom stereocenters. The second-order valence-electron chi connectivity index (χ2n) is 3.45. The van der Waals surface area contributed by atoms with Crippen molar-refractivity contribution >= 4 is 44.4 Å². The van der Waals surface area contributed by atoms with Crippen LogP contribution in [0, 0.1) is 3.57 Å². The quantitative estimate of drug-likeness (QED) is 0.767. The van der Waals surface area contributed by atoms with Crippen molar-refractivity contribution in [1.29, 1.82) is 0 Å². The number of hydrogen-bond donors (Lipinski definition) is 2. The normalized spacial score (nSPS) is 15.9. The fraction of sp³-hybridized carbons (Fsp3) is 0.300. The summed E-state index contributed by atoms with van der Waals surface area (Å²) in [5.74, 6) is -0.00751. The maximum atomic E-state index is 11.8. The summed E-state index contributed by atoms with van der Waals surface area (Å²) in [6.07, 6.45) is 0. The summed E-state index contributed by atoms with van der Waals surface area (Å²) in [4.78, 5) is 11.8. The summed E-state index contributed by atoms with van der Waals surface area (Å²) in [6, 6.07) is 6.02. The first kappa shape index (κ1) is 11.3. The molecule has 1 heterocycles. The minimum atomic E-state index is -0.00751. The molecule has 1 aliphatic rings. The molecule has 3 nitrogen and oxygen atoms in total. The average molecular weight is 381 g/mol. The van der Waals surface area contributed by atoms with Crippen LogP contribution in [0.25, 0.3) is 0 Å². The van der Waals surface area contributed by atoms with E-state index >= 15 is 0 Å². The zero-order valence-electron chi connectivity index (χ0n) is 7.89. The average Bonchev–Trinajstić information content (AvgIpc) is 2.15. The topological polar surface area (TPSA) is 41.1 Å². The van der Waals surface area contributed by atoms with E-state index in [1.807, 2.05) is 18.2 Å². The van der Waals surface area contributed by atoms with Crippen molar-refractivity contribution in [3.8, 4) is 0 Å². The highest BCUT2D eigenvalue weighted by molar-refractivity contribution is 14.1. The first-order chi connectivity index (χ1) is 7.16.